The predicted octanol–water partition coefficient (Wildman–Crippen LogP) is 2.63. The van der Waals surface area contributed by atoms with Gasteiger partial charge in [-0.1, -0.05) is 18.2 Å². The molecule has 0 radical (unpaired) electrons. The molecule has 1 spiro atoms. The fraction of sp³-hybridized carbons (Fsp3) is 0.529. The van der Waals surface area contributed by atoms with E-state index < -0.39 is 15.8 Å². The summed E-state index contributed by atoms with van der Waals surface area (Å²) < 4.78 is 41.2. The number of hydrogen-bond donors (Lipinski definition) is 0. The van der Waals surface area contributed by atoms with Crippen LogP contribution < -0.4 is 0 Å². The highest BCUT2D eigenvalue weighted by atomic mass is 32.2. The first-order valence-electron chi connectivity index (χ1n) is 8.10. The molecule has 0 amide bonds. The largest absolute Gasteiger partial charge is 0.293 e. The molecule has 6 heteroatoms. The van der Waals surface area contributed by atoms with Gasteiger partial charge in [-0.15, -0.1) is 6.58 Å². The fourth-order valence-electron chi connectivity index (χ4n) is 3.97. The summed E-state index contributed by atoms with van der Waals surface area (Å²) in [6.07, 6.45) is 5.73. The summed E-state index contributed by atoms with van der Waals surface area (Å²) in [7, 11) is -3.79. The quantitative estimate of drug-likeness (QED) is 0.793. The van der Waals surface area contributed by atoms with Gasteiger partial charge in [0.1, 0.15) is 10.7 Å². The van der Waals surface area contributed by atoms with Gasteiger partial charge in [0.25, 0.3) is 0 Å². The Kier molecular flexibility index (Phi) is 4.58. The molecule has 126 valence electrons. The van der Waals surface area contributed by atoms with Gasteiger partial charge in [0, 0.05) is 25.2 Å². The van der Waals surface area contributed by atoms with E-state index in [1.165, 1.54) is 22.5 Å². The maximum Gasteiger partial charge on any atom is 0.246 e. The lowest BCUT2D eigenvalue weighted by atomic mass is 9.87. The number of rotatable bonds is 4. The van der Waals surface area contributed by atoms with Gasteiger partial charge in [0.15, 0.2) is 0 Å². The third-order valence-corrected chi connectivity index (χ3v) is 6.94. The maximum atomic E-state index is 14.0. The first-order chi connectivity index (χ1) is 11.0. The van der Waals surface area contributed by atoms with Crippen LogP contribution in [0.15, 0.2) is 41.8 Å². The van der Waals surface area contributed by atoms with Crippen LogP contribution in [0, 0.1) is 5.82 Å². The Morgan fingerprint density at radius 1 is 1.22 bits per heavy atom. The van der Waals surface area contributed by atoms with Gasteiger partial charge in [-0.2, -0.15) is 4.31 Å². The van der Waals surface area contributed by atoms with Crippen molar-refractivity contribution in [3.8, 4) is 0 Å². The molecule has 4 nitrogen and oxygen atoms in total. The van der Waals surface area contributed by atoms with Crippen LogP contribution in [-0.2, 0) is 10.0 Å². The molecule has 0 saturated carbocycles. The zero-order chi connectivity index (χ0) is 16.5. The van der Waals surface area contributed by atoms with E-state index in [0.29, 0.717) is 13.1 Å². The van der Waals surface area contributed by atoms with Crippen LogP contribution in [0.1, 0.15) is 25.7 Å². The Hall–Kier alpha value is -1.24. The minimum absolute atomic E-state index is 0.120. The lowest BCUT2D eigenvalue weighted by molar-refractivity contribution is 0.0840. The van der Waals surface area contributed by atoms with Crippen LogP contribution in [0.2, 0.25) is 0 Å². The molecule has 2 saturated heterocycles. The highest BCUT2D eigenvalue weighted by Gasteiger charge is 2.46. The average molecular weight is 338 g/mol. The summed E-state index contributed by atoms with van der Waals surface area (Å²) in [6.45, 7) is 6.45. The highest BCUT2D eigenvalue weighted by Crippen LogP contribution is 2.38. The average Bonchev–Trinajstić information content (AvgIpc) is 2.90. The SMILES string of the molecule is C=CCN1CCC[C@]12CCCN(S(=O)(=O)c1ccccc1F)C2. The molecule has 2 aliphatic heterocycles. The highest BCUT2D eigenvalue weighted by molar-refractivity contribution is 7.89. The van der Waals surface area contributed by atoms with E-state index in [9.17, 15) is 12.8 Å². The molecule has 23 heavy (non-hydrogen) atoms. The van der Waals surface area contributed by atoms with Crippen LogP contribution >= 0.6 is 0 Å². The molecular formula is C17H23FN2O2S. The number of likely N-dealkylation sites (tertiary alicyclic amines) is 1. The first kappa shape index (κ1) is 16.6. The van der Waals surface area contributed by atoms with Crippen molar-refractivity contribution in [3.05, 3.63) is 42.7 Å². The van der Waals surface area contributed by atoms with Crippen molar-refractivity contribution in [2.75, 3.05) is 26.2 Å². The molecule has 2 aliphatic rings. The van der Waals surface area contributed by atoms with Crippen molar-refractivity contribution in [1.82, 2.24) is 9.21 Å². The second-order valence-corrected chi connectivity index (χ2v) is 8.34. The number of nitrogens with zero attached hydrogens (tertiary/aromatic N) is 2. The summed E-state index contributed by atoms with van der Waals surface area (Å²) in [5.41, 5.74) is -0.120. The number of halogens is 1. The lowest BCUT2D eigenvalue weighted by Crippen LogP contribution is -2.56. The Morgan fingerprint density at radius 2 is 1.91 bits per heavy atom. The first-order valence-corrected chi connectivity index (χ1v) is 9.54. The third-order valence-electron chi connectivity index (χ3n) is 5.07. The van der Waals surface area contributed by atoms with Crippen LogP contribution in [0.5, 0.6) is 0 Å². The number of benzene rings is 1. The Balaban J connectivity index is 1.89. The van der Waals surface area contributed by atoms with Crippen LogP contribution in [0.25, 0.3) is 0 Å². The van der Waals surface area contributed by atoms with E-state index in [4.69, 9.17) is 0 Å². The van der Waals surface area contributed by atoms with E-state index >= 15 is 0 Å². The molecule has 0 aromatic heterocycles. The smallest absolute Gasteiger partial charge is 0.246 e. The summed E-state index contributed by atoms with van der Waals surface area (Å²) in [6, 6.07) is 5.62. The molecular weight excluding hydrogens is 315 g/mol. The molecule has 0 bridgehead atoms. The van der Waals surface area contributed by atoms with Crippen molar-refractivity contribution >= 4 is 10.0 Å². The van der Waals surface area contributed by atoms with Gasteiger partial charge in [0.05, 0.1) is 0 Å². The van der Waals surface area contributed by atoms with E-state index in [0.717, 1.165) is 38.8 Å². The Bertz CT molecular complexity index is 692. The van der Waals surface area contributed by atoms with Gasteiger partial charge in [-0.25, -0.2) is 12.8 Å². The molecule has 0 N–H and O–H groups in total. The molecule has 0 aliphatic carbocycles. The monoisotopic (exact) mass is 338 g/mol. The molecule has 2 heterocycles. The lowest BCUT2D eigenvalue weighted by Gasteiger charge is -2.45. The fourth-order valence-corrected chi connectivity index (χ4v) is 5.59. The molecule has 1 aromatic rings. The van der Waals surface area contributed by atoms with Crippen molar-refractivity contribution < 1.29 is 12.8 Å². The van der Waals surface area contributed by atoms with Gasteiger partial charge < -0.3 is 0 Å². The van der Waals surface area contributed by atoms with Crippen molar-refractivity contribution in [1.29, 1.82) is 0 Å². The molecule has 2 fully saturated rings. The zero-order valence-corrected chi connectivity index (χ0v) is 14.1. The van der Waals surface area contributed by atoms with Crippen molar-refractivity contribution in [3.63, 3.8) is 0 Å². The van der Waals surface area contributed by atoms with Crippen LogP contribution in [0.3, 0.4) is 0 Å². The molecule has 1 atom stereocenters. The minimum Gasteiger partial charge on any atom is -0.293 e. The number of hydrogen-bond acceptors (Lipinski definition) is 3. The summed E-state index contributed by atoms with van der Waals surface area (Å²) in [5, 5.41) is 0. The standard InChI is InChI=1S/C17H23FN2O2S/c1-2-11-19-12-5-9-17(19)10-6-13-20(14-17)23(21,22)16-8-4-3-7-15(16)18/h2-4,7-8H,1,5-6,9-14H2/t17-/m1/s1. The van der Waals surface area contributed by atoms with Crippen LogP contribution in [-0.4, -0.2) is 49.3 Å². The Morgan fingerprint density at radius 3 is 2.61 bits per heavy atom. The van der Waals surface area contributed by atoms with E-state index in [2.05, 4.69) is 11.5 Å². The summed E-state index contributed by atoms with van der Waals surface area (Å²) in [4.78, 5) is 2.12. The molecule has 1 aromatic carbocycles. The topological polar surface area (TPSA) is 40.6 Å². The van der Waals surface area contributed by atoms with E-state index in [1.54, 1.807) is 6.07 Å². The van der Waals surface area contributed by atoms with Crippen LogP contribution in [0.4, 0.5) is 4.39 Å². The van der Waals surface area contributed by atoms with Gasteiger partial charge in [-0.05, 0) is 44.4 Å². The predicted molar refractivity (Wildman–Crippen MR) is 88.1 cm³/mol. The number of piperidine rings is 1. The number of sulfonamides is 1. The van der Waals surface area contributed by atoms with E-state index in [1.807, 2.05) is 6.08 Å². The van der Waals surface area contributed by atoms with Gasteiger partial charge >= 0.3 is 0 Å². The maximum absolute atomic E-state index is 14.0. The second-order valence-electron chi connectivity index (χ2n) is 6.44. The molecule has 3 rings (SSSR count). The van der Waals surface area contributed by atoms with E-state index in [-0.39, 0.29) is 10.4 Å². The van der Waals surface area contributed by atoms with Crippen molar-refractivity contribution in [2.24, 2.45) is 0 Å². The molecule has 0 unspecified atom stereocenters. The second kappa shape index (κ2) is 6.34. The van der Waals surface area contributed by atoms with Gasteiger partial charge in [0.2, 0.25) is 10.0 Å². The van der Waals surface area contributed by atoms with Gasteiger partial charge in [-0.3, -0.25) is 4.90 Å². The third kappa shape index (κ3) is 2.95. The van der Waals surface area contributed by atoms with Crippen molar-refractivity contribution in [2.45, 2.75) is 36.1 Å². The normalized spacial score (nSPS) is 26.7. The minimum atomic E-state index is -3.79. The Labute approximate surface area is 137 Å². The zero-order valence-electron chi connectivity index (χ0n) is 13.2. The summed E-state index contributed by atoms with van der Waals surface area (Å²) >= 11 is 0. The summed E-state index contributed by atoms with van der Waals surface area (Å²) in [5.74, 6) is -0.679.